The van der Waals surface area contributed by atoms with Crippen LogP contribution in [0.2, 0.25) is 0 Å². The molecule has 0 spiro atoms. The van der Waals surface area contributed by atoms with Crippen molar-refractivity contribution in [2.75, 3.05) is 7.11 Å². The Balaban J connectivity index is 4.24. The summed E-state index contributed by atoms with van der Waals surface area (Å²) in [6.07, 6.45) is 0.961. The molecule has 0 aromatic rings. The van der Waals surface area contributed by atoms with E-state index in [-0.39, 0.29) is 11.6 Å². The second-order valence-electron chi connectivity index (χ2n) is 3.64. The van der Waals surface area contributed by atoms with Gasteiger partial charge in [0.05, 0.1) is 5.60 Å². The van der Waals surface area contributed by atoms with Gasteiger partial charge in [0, 0.05) is 13.2 Å². The van der Waals surface area contributed by atoms with Gasteiger partial charge in [0.1, 0.15) is 0 Å². The molecule has 11 heavy (non-hydrogen) atoms. The molecular weight excluding hydrogens is 138 g/mol. The normalized spacial score (nSPS) is 19.9. The quantitative estimate of drug-likeness (QED) is 0.678. The lowest BCUT2D eigenvalue weighted by atomic mass is 9.86. The largest absolute Gasteiger partial charge is 0.377 e. The predicted octanol–water partition coefficient (Wildman–Crippen LogP) is 1.78. The van der Waals surface area contributed by atoms with Crippen LogP contribution in [0.15, 0.2) is 0 Å². The Morgan fingerprint density at radius 2 is 1.91 bits per heavy atom. The third kappa shape index (κ3) is 2.46. The average molecular weight is 159 g/mol. The summed E-state index contributed by atoms with van der Waals surface area (Å²) in [4.78, 5) is 0. The molecule has 2 atom stereocenters. The Morgan fingerprint density at radius 3 is 2.00 bits per heavy atom. The zero-order chi connectivity index (χ0) is 9.07. The van der Waals surface area contributed by atoms with Gasteiger partial charge in [-0.3, -0.25) is 0 Å². The fraction of sp³-hybridized carbons (Fsp3) is 1.00. The molecule has 2 nitrogen and oxygen atoms in total. The first-order valence-corrected chi connectivity index (χ1v) is 4.28. The van der Waals surface area contributed by atoms with Crippen molar-refractivity contribution in [2.24, 2.45) is 11.7 Å². The van der Waals surface area contributed by atoms with E-state index in [2.05, 4.69) is 27.7 Å². The lowest BCUT2D eigenvalue weighted by Crippen LogP contribution is -2.49. The lowest BCUT2D eigenvalue weighted by Gasteiger charge is -2.35. The molecule has 2 N–H and O–H groups in total. The molecule has 0 amide bonds. The van der Waals surface area contributed by atoms with Crippen molar-refractivity contribution in [3.8, 4) is 0 Å². The molecule has 68 valence electrons. The van der Waals surface area contributed by atoms with Gasteiger partial charge in [-0.15, -0.1) is 0 Å². The van der Waals surface area contributed by atoms with Crippen LogP contribution >= 0.6 is 0 Å². The van der Waals surface area contributed by atoms with Crippen LogP contribution in [0.25, 0.3) is 0 Å². The van der Waals surface area contributed by atoms with Crippen LogP contribution in [-0.2, 0) is 4.74 Å². The smallest absolute Gasteiger partial charge is 0.0800 e. The SMILES string of the molecule is CCC(C)(OC)C(N)C(C)C. The molecule has 0 saturated carbocycles. The summed E-state index contributed by atoms with van der Waals surface area (Å²) in [6, 6.07) is 0.123. The molecule has 0 aliphatic heterocycles. The number of nitrogens with two attached hydrogens (primary N) is 1. The van der Waals surface area contributed by atoms with Crippen molar-refractivity contribution in [3.63, 3.8) is 0 Å². The first-order chi connectivity index (χ1) is 4.98. The molecule has 0 radical (unpaired) electrons. The molecule has 0 heterocycles. The van der Waals surface area contributed by atoms with Gasteiger partial charge in [0.15, 0.2) is 0 Å². The van der Waals surface area contributed by atoms with Crippen molar-refractivity contribution in [2.45, 2.75) is 45.8 Å². The third-order valence-corrected chi connectivity index (χ3v) is 2.59. The van der Waals surface area contributed by atoms with Crippen LogP contribution in [-0.4, -0.2) is 18.8 Å². The van der Waals surface area contributed by atoms with Gasteiger partial charge in [0.25, 0.3) is 0 Å². The highest BCUT2D eigenvalue weighted by Gasteiger charge is 2.31. The molecule has 0 aliphatic rings. The first-order valence-electron chi connectivity index (χ1n) is 4.28. The molecule has 2 heteroatoms. The highest BCUT2D eigenvalue weighted by molar-refractivity contribution is 4.87. The first kappa shape index (κ1) is 10.9. The second-order valence-corrected chi connectivity index (χ2v) is 3.64. The van der Waals surface area contributed by atoms with E-state index in [1.54, 1.807) is 7.11 Å². The van der Waals surface area contributed by atoms with E-state index in [9.17, 15) is 0 Å². The van der Waals surface area contributed by atoms with E-state index >= 15 is 0 Å². The molecule has 0 aromatic carbocycles. The Hall–Kier alpha value is -0.0800. The molecular formula is C9H21NO. The summed E-state index contributed by atoms with van der Waals surface area (Å²) in [5.74, 6) is 0.472. The van der Waals surface area contributed by atoms with E-state index in [1.165, 1.54) is 0 Å². The predicted molar refractivity (Wildman–Crippen MR) is 48.5 cm³/mol. The monoisotopic (exact) mass is 159 g/mol. The van der Waals surface area contributed by atoms with Crippen LogP contribution < -0.4 is 5.73 Å². The fourth-order valence-corrected chi connectivity index (χ4v) is 1.22. The molecule has 0 bridgehead atoms. The number of hydrogen-bond acceptors (Lipinski definition) is 2. The van der Waals surface area contributed by atoms with E-state index in [0.29, 0.717) is 5.92 Å². The lowest BCUT2D eigenvalue weighted by molar-refractivity contribution is -0.0298. The summed E-state index contributed by atoms with van der Waals surface area (Å²) in [6.45, 7) is 8.42. The van der Waals surface area contributed by atoms with Crippen LogP contribution in [0, 0.1) is 5.92 Å². The van der Waals surface area contributed by atoms with Crippen LogP contribution in [0.4, 0.5) is 0 Å². The van der Waals surface area contributed by atoms with E-state index in [4.69, 9.17) is 10.5 Å². The van der Waals surface area contributed by atoms with Gasteiger partial charge in [-0.1, -0.05) is 20.8 Å². The molecule has 0 aromatic heterocycles. The van der Waals surface area contributed by atoms with Gasteiger partial charge >= 0.3 is 0 Å². The number of methoxy groups -OCH3 is 1. The van der Waals surface area contributed by atoms with Crippen LogP contribution in [0.3, 0.4) is 0 Å². The summed E-state index contributed by atoms with van der Waals surface area (Å²) < 4.78 is 5.39. The standard InChI is InChI=1S/C9H21NO/c1-6-9(4,11-5)8(10)7(2)3/h7-8H,6,10H2,1-5H3. The Morgan fingerprint density at radius 1 is 1.45 bits per heavy atom. The Bertz CT molecular complexity index is 108. The van der Waals surface area contributed by atoms with Crippen molar-refractivity contribution >= 4 is 0 Å². The Labute approximate surface area is 70.1 Å². The zero-order valence-corrected chi connectivity index (χ0v) is 8.35. The number of ether oxygens (including phenoxy) is 1. The van der Waals surface area contributed by atoms with Crippen LogP contribution in [0.1, 0.15) is 34.1 Å². The van der Waals surface area contributed by atoms with E-state index in [0.717, 1.165) is 6.42 Å². The highest BCUT2D eigenvalue weighted by Crippen LogP contribution is 2.22. The number of hydrogen-bond donors (Lipinski definition) is 1. The van der Waals surface area contributed by atoms with Gasteiger partial charge in [0.2, 0.25) is 0 Å². The third-order valence-electron chi connectivity index (χ3n) is 2.59. The second kappa shape index (κ2) is 4.07. The average Bonchev–Trinajstić information content (AvgIpc) is 2.01. The minimum atomic E-state index is -0.159. The fourth-order valence-electron chi connectivity index (χ4n) is 1.22. The molecule has 0 saturated heterocycles. The maximum absolute atomic E-state index is 5.99. The molecule has 0 fully saturated rings. The summed E-state index contributed by atoms with van der Waals surface area (Å²) in [5, 5.41) is 0. The molecule has 2 unspecified atom stereocenters. The highest BCUT2D eigenvalue weighted by atomic mass is 16.5. The van der Waals surface area contributed by atoms with E-state index < -0.39 is 0 Å². The van der Waals surface area contributed by atoms with Gasteiger partial charge < -0.3 is 10.5 Å². The summed E-state index contributed by atoms with van der Waals surface area (Å²) in [5.41, 5.74) is 5.83. The summed E-state index contributed by atoms with van der Waals surface area (Å²) >= 11 is 0. The minimum absolute atomic E-state index is 0.123. The maximum atomic E-state index is 5.99. The zero-order valence-electron chi connectivity index (χ0n) is 8.35. The van der Waals surface area contributed by atoms with E-state index in [1.807, 2.05) is 0 Å². The van der Waals surface area contributed by atoms with Crippen LogP contribution in [0.5, 0.6) is 0 Å². The maximum Gasteiger partial charge on any atom is 0.0800 e. The van der Waals surface area contributed by atoms with Gasteiger partial charge in [-0.2, -0.15) is 0 Å². The van der Waals surface area contributed by atoms with Gasteiger partial charge in [-0.25, -0.2) is 0 Å². The topological polar surface area (TPSA) is 35.2 Å². The molecule has 0 rings (SSSR count). The molecule has 0 aliphatic carbocycles. The Kier molecular flexibility index (Phi) is 4.04. The number of rotatable bonds is 4. The van der Waals surface area contributed by atoms with Crippen molar-refractivity contribution in [1.82, 2.24) is 0 Å². The van der Waals surface area contributed by atoms with Crippen molar-refractivity contribution in [1.29, 1.82) is 0 Å². The van der Waals surface area contributed by atoms with Crippen molar-refractivity contribution in [3.05, 3.63) is 0 Å². The summed E-state index contributed by atoms with van der Waals surface area (Å²) in [7, 11) is 1.73. The van der Waals surface area contributed by atoms with Crippen molar-refractivity contribution < 1.29 is 4.74 Å². The minimum Gasteiger partial charge on any atom is -0.377 e. The van der Waals surface area contributed by atoms with Gasteiger partial charge in [-0.05, 0) is 19.3 Å².